The Morgan fingerprint density at radius 1 is 0.842 bits per heavy atom. The molecule has 0 heterocycles. The highest BCUT2D eigenvalue weighted by molar-refractivity contribution is 5.75. The molecule has 0 aliphatic heterocycles. The summed E-state index contributed by atoms with van der Waals surface area (Å²) in [6.07, 6.45) is 13.1. The van der Waals surface area contributed by atoms with Gasteiger partial charge in [-0.2, -0.15) is 0 Å². The van der Waals surface area contributed by atoms with Gasteiger partial charge in [-0.05, 0) is 25.7 Å². The molecule has 1 atom stereocenters. The molecule has 0 aliphatic rings. The first-order valence-corrected chi connectivity index (χ1v) is 8.20. The normalized spacial score (nSPS) is 12.6. The molecule has 0 spiro atoms. The zero-order chi connectivity index (χ0) is 14.5. The number of nitrogens with two attached hydrogens (primary N) is 2. The Balaban J connectivity index is 4.09. The predicted octanol–water partition coefficient (Wildman–Crippen LogP) is 4.21. The fourth-order valence-electron chi connectivity index (χ4n) is 2.63. The fourth-order valence-corrected chi connectivity index (χ4v) is 2.63. The number of nitrogens with zero attached hydrogens (tertiary/aromatic N) is 1. The number of guanidine groups is 1. The van der Waals surface area contributed by atoms with Crippen molar-refractivity contribution >= 4 is 5.96 Å². The van der Waals surface area contributed by atoms with Gasteiger partial charge in [-0.15, -0.1) is 0 Å². The van der Waals surface area contributed by atoms with Gasteiger partial charge in [0.05, 0.1) is 6.04 Å². The van der Waals surface area contributed by atoms with Crippen LogP contribution in [0.15, 0.2) is 4.99 Å². The van der Waals surface area contributed by atoms with Gasteiger partial charge in [-0.25, -0.2) is 0 Å². The average molecular weight is 269 g/mol. The van der Waals surface area contributed by atoms with Crippen LogP contribution in [0.4, 0.5) is 0 Å². The Labute approximate surface area is 120 Å². The lowest BCUT2D eigenvalue weighted by Gasteiger charge is -2.21. The number of unbranched alkanes of at least 4 members (excludes halogenated alkanes) is 6. The molecule has 114 valence electrons. The van der Waals surface area contributed by atoms with Gasteiger partial charge in [0.2, 0.25) is 0 Å². The molecular formula is C16H35N3. The van der Waals surface area contributed by atoms with E-state index in [1.54, 1.807) is 0 Å². The molecule has 19 heavy (non-hydrogen) atoms. The van der Waals surface area contributed by atoms with Gasteiger partial charge in [0.15, 0.2) is 5.96 Å². The number of hydrogen-bond donors (Lipinski definition) is 2. The highest BCUT2D eigenvalue weighted by atomic mass is 15.0. The highest BCUT2D eigenvalue weighted by Crippen LogP contribution is 2.23. The lowest BCUT2D eigenvalue weighted by molar-refractivity contribution is 0.357. The van der Waals surface area contributed by atoms with Crippen LogP contribution in [0.25, 0.3) is 0 Å². The summed E-state index contributed by atoms with van der Waals surface area (Å²) in [4.78, 5) is 4.35. The Bertz CT molecular complexity index is 210. The van der Waals surface area contributed by atoms with E-state index in [1.807, 2.05) is 0 Å². The largest absolute Gasteiger partial charge is 0.370 e. The van der Waals surface area contributed by atoms with E-state index < -0.39 is 0 Å². The van der Waals surface area contributed by atoms with E-state index in [-0.39, 0.29) is 12.0 Å². The van der Waals surface area contributed by atoms with Gasteiger partial charge in [0, 0.05) is 0 Å². The van der Waals surface area contributed by atoms with Gasteiger partial charge in [0.25, 0.3) is 0 Å². The molecule has 0 radical (unpaired) electrons. The second-order valence-electron chi connectivity index (χ2n) is 5.75. The van der Waals surface area contributed by atoms with Crippen molar-refractivity contribution in [1.82, 2.24) is 0 Å². The smallest absolute Gasteiger partial charge is 0.186 e. The molecule has 0 aromatic heterocycles. The monoisotopic (exact) mass is 269 g/mol. The summed E-state index contributed by atoms with van der Waals surface area (Å²) in [5.41, 5.74) is 11.0. The molecule has 0 saturated carbocycles. The third-order valence-electron chi connectivity index (χ3n) is 3.89. The molecule has 0 aromatic carbocycles. The third-order valence-corrected chi connectivity index (χ3v) is 3.89. The maximum Gasteiger partial charge on any atom is 0.186 e. The first-order chi connectivity index (χ1) is 9.11. The van der Waals surface area contributed by atoms with Crippen LogP contribution in [0.1, 0.15) is 85.0 Å². The van der Waals surface area contributed by atoms with Crippen molar-refractivity contribution in [3.05, 3.63) is 0 Å². The quantitative estimate of drug-likeness (QED) is 0.317. The summed E-state index contributed by atoms with van der Waals surface area (Å²) >= 11 is 0. The van der Waals surface area contributed by atoms with Crippen LogP contribution in [-0.4, -0.2) is 12.0 Å². The Hall–Kier alpha value is -0.730. The first kappa shape index (κ1) is 18.3. The highest BCUT2D eigenvalue weighted by Gasteiger charge is 2.16. The van der Waals surface area contributed by atoms with E-state index in [1.165, 1.54) is 64.2 Å². The van der Waals surface area contributed by atoms with Crippen molar-refractivity contribution in [3.63, 3.8) is 0 Å². The van der Waals surface area contributed by atoms with E-state index in [4.69, 9.17) is 11.5 Å². The van der Waals surface area contributed by atoms with Crippen LogP contribution in [0.2, 0.25) is 0 Å². The number of aliphatic imine (C=N–C) groups is 1. The second-order valence-corrected chi connectivity index (χ2v) is 5.75. The van der Waals surface area contributed by atoms with Gasteiger partial charge in [-0.1, -0.05) is 65.2 Å². The second kappa shape index (κ2) is 12.3. The lowest BCUT2D eigenvalue weighted by atomic mass is 9.89. The molecule has 0 rings (SSSR count). The van der Waals surface area contributed by atoms with E-state index >= 15 is 0 Å². The number of rotatable bonds is 12. The fraction of sp³-hybridized carbons (Fsp3) is 0.938. The van der Waals surface area contributed by atoms with Crippen molar-refractivity contribution in [3.8, 4) is 0 Å². The summed E-state index contributed by atoms with van der Waals surface area (Å²) in [5.74, 6) is 0.885. The van der Waals surface area contributed by atoms with Crippen molar-refractivity contribution in [1.29, 1.82) is 0 Å². The van der Waals surface area contributed by atoms with Crippen LogP contribution in [0.3, 0.4) is 0 Å². The topological polar surface area (TPSA) is 64.4 Å². The maximum atomic E-state index is 5.51. The Morgan fingerprint density at radius 2 is 1.32 bits per heavy atom. The molecule has 3 nitrogen and oxygen atoms in total. The maximum absolute atomic E-state index is 5.51. The van der Waals surface area contributed by atoms with Gasteiger partial charge in [0.1, 0.15) is 0 Å². The minimum atomic E-state index is 0.236. The van der Waals surface area contributed by atoms with Gasteiger partial charge in [-0.3, -0.25) is 4.99 Å². The molecule has 0 bridgehead atoms. The first-order valence-electron chi connectivity index (χ1n) is 8.20. The van der Waals surface area contributed by atoms with Crippen LogP contribution in [0, 0.1) is 5.92 Å². The molecule has 0 aliphatic carbocycles. The summed E-state index contributed by atoms with van der Waals surface area (Å²) in [6.45, 7) is 6.67. The van der Waals surface area contributed by atoms with Gasteiger partial charge >= 0.3 is 0 Å². The summed E-state index contributed by atoms with van der Waals surface area (Å²) < 4.78 is 0. The van der Waals surface area contributed by atoms with E-state index in [2.05, 4.69) is 25.8 Å². The van der Waals surface area contributed by atoms with Crippen molar-refractivity contribution < 1.29 is 0 Å². The Kier molecular flexibility index (Phi) is 11.8. The van der Waals surface area contributed by atoms with Crippen molar-refractivity contribution in [2.45, 2.75) is 91.0 Å². The van der Waals surface area contributed by atoms with Crippen LogP contribution < -0.4 is 11.5 Å². The average Bonchev–Trinajstić information content (AvgIpc) is 2.36. The molecule has 0 fully saturated rings. The SMILES string of the molecule is CCCCCCC(CCCCCC)C(C)N=C(N)N. The van der Waals surface area contributed by atoms with Crippen molar-refractivity contribution in [2.24, 2.45) is 22.4 Å². The standard InChI is InChI=1S/C16H35N3/c1-4-6-8-10-12-15(13-11-9-7-5-2)14(3)19-16(17)18/h14-15H,4-13H2,1-3H3,(H4,17,18,19). The zero-order valence-electron chi connectivity index (χ0n) is 13.3. The predicted molar refractivity (Wildman–Crippen MR) is 86.3 cm³/mol. The lowest BCUT2D eigenvalue weighted by Crippen LogP contribution is -2.27. The molecular weight excluding hydrogens is 234 g/mol. The van der Waals surface area contributed by atoms with E-state index in [0.717, 1.165) is 0 Å². The van der Waals surface area contributed by atoms with Crippen LogP contribution in [-0.2, 0) is 0 Å². The van der Waals surface area contributed by atoms with E-state index in [0.29, 0.717) is 5.92 Å². The summed E-state index contributed by atoms with van der Waals surface area (Å²) in [5, 5.41) is 0. The summed E-state index contributed by atoms with van der Waals surface area (Å²) in [6, 6.07) is 0.272. The third kappa shape index (κ3) is 10.8. The molecule has 4 N–H and O–H groups in total. The van der Waals surface area contributed by atoms with Gasteiger partial charge < -0.3 is 11.5 Å². The molecule has 0 aromatic rings. The number of hydrogen-bond acceptors (Lipinski definition) is 1. The van der Waals surface area contributed by atoms with Crippen molar-refractivity contribution in [2.75, 3.05) is 0 Å². The molecule has 3 heteroatoms. The van der Waals surface area contributed by atoms with Crippen LogP contribution in [0.5, 0.6) is 0 Å². The zero-order valence-corrected chi connectivity index (χ0v) is 13.3. The van der Waals surface area contributed by atoms with E-state index in [9.17, 15) is 0 Å². The van der Waals surface area contributed by atoms with Crippen LogP contribution >= 0.6 is 0 Å². The minimum Gasteiger partial charge on any atom is -0.370 e. The Morgan fingerprint density at radius 3 is 1.68 bits per heavy atom. The molecule has 0 saturated heterocycles. The molecule has 0 amide bonds. The minimum absolute atomic E-state index is 0.236. The summed E-state index contributed by atoms with van der Waals surface area (Å²) in [7, 11) is 0. The molecule has 1 unspecified atom stereocenters.